The number of ether oxygens (including phenoxy) is 1. The molecule has 0 atom stereocenters. The normalized spacial score (nSPS) is 10.3. The lowest BCUT2D eigenvalue weighted by molar-refractivity contribution is 0.101. The van der Waals surface area contributed by atoms with Crippen molar-refractivity contribution in [1.82, 2.24) is 19.7 Å². The van der Waals surface area contributed by atoms with Gasteiger partial charge in [-0.2, -0.15) is 4.98 Å². The molecule has 0 radical (unpaired) electrons. The molecule has 0 aliphatic heterocycles. The van der Waals surface area contributed by atoms with E-state index in [2.05, 4.69) is 20.5 Å². The first-order chi connectivity index (χ1) is 9.51. The van der Waals surface area contributed by atoms with Gasteiger partial charge in [0.05, 0.1) is 6.61 Å². The van der Waals surface area contributed by atoms with E-state index in [4.69, 9.17) is 4.74 Å². The van der Waals surface area contributed by atoms with Crippen LogP contribution in [0.2, 0.25) is 0 Å². The Labute approximate surface area is 115 Å². The predicted molar refractivity (Wildman–Crippen MR) is 70.9 cm³/mol. The highest BCUT2D eigenvalue weighted by molar-refractivity contribution is 6.04. The van der Waals surface area contributed by atoms with Crippen molar-refractivity contribution in [3.05, 3.63) is 23.5 Å². The van der Waals surface area contributed by atoms with Crippen molar-refractivity contribution in [2.75, 3.05) is 11.9 Å². The van der Waals surface area contributed by atoms with Gasteiger partial charge in [0, 0.05) is 18.8 Å². The van der Waals surface area contributed by atoms with Crippen molar-refractivity contribution in [2.45, 2.75) is 13.8 Å². The molecule has 0 fully saturated rings. The molecule has 2 aromatic rings. The van der Waals surface area contributed by atoms with Crippen LogP contribution in [-0.4, -0.2) is 38.0 Å². The Morgan fingerprint density at radius 3 is 2.85 bits per heavy atom. The molecular weight excluding hydrogens is 262 g/mol. The number of anilines is 1. The Morgan fingerprint density at radius 2 is 2.25 bits per heavy atom. The molecule has 2 aromatic heterocycles. The summed E-state index contributed by atoms with van der Waals surface area (Å²) in [6.07, 6.45) is 1.60. The fourth-order valence-corrected chi connectivity index (χ4v) is 1.65. The minimum atomic E-state index is -0.390. The van der Waals surface area contributed by atoms with Gasteiger partial charge >= 0.3 is 6.01 Å². The fourth-order valence-electron chi connectivity index (χ4n) is 1.65. The molecule has 0 bridgehead atoms. The molecule has 0 aliphatic rings. The molecule has 0 spiro atoms. The lowest BCUT2D eigenvalue weighted by Crippen LogP contribution is -2.16. The molecular formula is C12H15N5O3. The van der Waals surface area contributed by atoms with Crippen LogP contribution in [0.3, 0.4) is 0 Å². The number of rotatable bonds is 5. The Balaban J connectivity index is 2.13. The maximum atomic E-state index is 12.1. The molecule has 8 nitrogen and oxygen atoms in total. The summed E-state index contributed by atoms with van der Waals surface area (Å²) < 4.78 is 6.65. The third kappa shape index (κ3) is 2.85. The summed E-state index contributed by atoms with van der Waals surface area (Å²) in [6.45, 7) is 3.69. The molecule has 0 saturated heterocycles. The molecule has 8 heteroatoms. The highest BCUT2D eigenvalue weighted by atomic mass is 16.5. The van der Waals surface area contributed by atoms with Gasteiger partial charge < -0.3 is 9.30 Å². The number of hydrogen-bond acceptors (Lipinski definition) is 5. The third-order valence-electron chi connectivity index (χ3n) is 2.61. The second-order valence-electron chi connectivity index (χ2n) is 4.13. The predicted octanol–water partition coefficient (Wildman–Crippen LogP) is 0.997. The standard InChI is InChI=1S/C12H15N5O3/c1-4-20-12-14-11(15-16-12)13-10(19)9-5-8(7(2)18)6-17(9)3/h5-6H,4H2,1-3H3,(H2,13,14,15,16,19). The second kappa shape index (κ2) is 5.55. The van der Waals surface area contributed by atoms with Crippen LogP contribution in [0.4, 0.5) is 5.95 Å². The van der Waals surface area contributed by atoms with Crippen LogP contribution >= 0.6 is 0 Å². The molecule has 2 rings (SSSR count). The first-order valence-corrected chi connectivity index (χ1v) is 6.05. The van der Waals surface area contributed by atoms with E-state index in [0.717, 1.165) is 0 Å². The number of nitrogens with zero attached hydrogens (tertiary/aromatic N) is 3. The number of aryl methyl sites for hydroxylation is 1. The van der Waals surface area contributed by atoms with Crippen LogP contribution in [0.1, 0.15) is 34.7 Å². The van der Waals surface area contributed by atoms with Gasteiger partial charge in [0.1, 0.15) is 5.69 Å². The van der Waals surface area contributed by atoms with Crippen LogP contribution < -0.4 is 10.1 Å². The number of ketones is 1. The molecule has 1 amide bonds. The first kappa shape index (κ1) is 13.8. The number of amides is 1. The highest BCUT2D eigenvalue weighted by Crippen LogP contribution is 2.11. The van der Waals surface area contributed by atoms with E-state index in [1.54, 1.807) is 17.8 Å². The second-order valence-corrected chi connectivity index (χ2v) is 4.13. The zero-order chi connectivity index (χ0) is 14.7. The topological polar surface area (TPSA) is 102 Å². The maximum Gasteiger partial charge on any atom is 0.337 e. The maximum absolute atomic E-state index is 12.1. The summed E-state index contributed by atoms with van der Waals surface area (Å²) >= 11 is 0. The van der Waals surface area contributed by atoms with Crippen molar-refractivity contribution < 1.29 is 14.3 Å². The Morgan fingerprint density at radius 1 is 1.50 bits per heavy atom. The number of H-pyrrole nitrogens is 1. The van der Waals surface area contributed by atoms with Gasteiger partial charge in [0.2, 0.25) is 5.95 Å². The number of Topliss-reactive ketones (excluding diaryl/α,β-unsaturated/α-hetero) is 1. The Bertz CT molecular complexity index is 643. The van der Waals surface area contributed by atoms with E-state index in [0.29, 0.717) is 17.9 Å². The largest absolute Gasteiger partial charge is 0.463 e. The summed E-state index contributed by atoms with van der Waals surface area (Å²) in [6, 6.07) is 1.69. The molecule has 0 aliphatic carbocycles. The zero-order valence-electron chi connectivity index (χ0n) is 11.4. The van der Waals surface area contributed by atoms with Gasteiger partial charge in [0.15, 0.2) is 5.78 Å². The van der Waals surface area contributed by atoms with Crippen molar-refractivity contribution in [3.63, 3.8) is 0 Å². The van der Waals surface area contributed by atoms with E-state index in [1.807, 2.05) is 6.92 Å². The first-order valence-electron chi connectivity index (χ1n) is 6.05. The highest BCUT2D eigenvalue weighted by Gasteiger charge is 2.15. The minimum absolute atomic E-state index is 0.0991. The van der Waals surface area contributed by atoms with Crippen molar-refractivity contribution >= 4 is 17.6 Å². The molecule has 2 N–H and O–H groups in total. The summed E-state index contributed by atoms with van der Waals surface area (Å²) in [5.74, 6) is -0.304. The summed E-state index contributed by atoms with van der Waals surface area (Å²) in [7, 11) is 1.69. The number of aromatic amines is 1. The average molecular weight is 277 g/mol. The Hall–Kier alpha value is -2.64. The minimum Gasteiger partial charge on any atom is -0.463 e. The van der Waals surface area contributed by atoms with Crippen LogP contribution in [0.15, 0.2) is 12.3 Å². The van der Waals surface area contributed by atoms with Crippen LogP contribution in [0, 0.1) is 0 Å². The Kier molecular flexibility index (Phi) is 3.83. The summed E-state index contributed by atoms with van der Waals surface area (Å²) in [4.78, 5) is 27.3. The van der Waals surface area contributed by atoms with E-state index < -0.39 is 0 Å². The van der Waals surface area contributed by atoms with Gasteiger partial charge in [-0.1, -0.05) is 0 Å². The number of nitrogens with one attached hydrogen (secondary N) is 2. The van der Waals surface area contributed by atoms with Gasteiger partial charge in [0.25, 0.3) is 5.91 Å². The molecule has 0 unspecified atom stereocenters. The van der Waals surface area contributed by atoms with E-state index in [9.17, 15) is 9.59 Å². The quantitative estimate of drug-likeness (QED) is 0.794. The number of hydrogen-bond donors (Lipinski definition) is 2. The SMILES string of the molecule is CCOc1n[nH]c(NC(=O)c2cc(C(C)=O)cn2C)n1. The molecule has 106 valence electrons. The monoisotopic (exact) mass is 277 g/mol. The smallest absolute Gasteiger partial charge is 0.337 e. The number of carbonyl (C=O) groups excluding carboxylic acids is 2. The van der Waals surface area contributed by atoms with Crippen LogP contribution in [0.5, 0.6) is 6.01 Å². The number of carbonyl (C=O) groups is 2. The van der Waals surface area contributed by atoms with Crippen LogP contribution in [0.25, 0.3) is 0 Å². The lowest BCUT2D eigenvalue weighted by Gasteiger charge is -2.01. The van der Waals surface area contributed by atoms with Crippen molar-refractivity contribution in [2.24, 2.45) is 7.05 Å². The van der Waals surface area contributed by atoms with Gasteiger partial charge in [-0.15, -0.1) is 5.10 Å². The van der Waals surface area contributed by atoms with Crippen LogP contribution in [-0.2, 0) is 7.05 Å². The third-order valence-corrected chi connectivity index (χ3v) is 2.61. The van der Waals surface area contributed by atoms with Gasteiger partial charge in [-0.3, -0.25) is 14.9 Å². The van der Waals surface area contributed by atoms with E-state index in [1.165, 1.54) is 13.0 Å². The molecule has 0 aromatic carbocycles. The van der Waals surface area contributed by atoms with Crippen molar-refractivity contribution in [1.29, 1.82) is 0 Å². The molecule has 20 heavy (non-hydrogen) atoms. The lowest BCUT2D eigenvalue weighted by atomic mass is 10.2. The fraction of sp³-hybridized carbons (Fsp3) is 0.333. The summed E-state index contributed by atoms with van der Waals surface area (Å²) in [5, 5.41) is 8.87. The van der Waals surface area contributed by atoms with Gasteiger partial charge in [-0.25, -0.2) is 5.10 Å². The molecule has 0 saturated carbocycles. The summed E-state index contributed by atoms with van der Waals surface area (Å²) in [5.41, 5.74) is 0.829. The van der Waals surface area contributed by atoms with E-state index >= 15 is 0 Å². The number of aromatic nitrogens is 4. The van der Waals surface area contributed by atoms with Gasteiger partial charge in [-0.05, 0) is 19.9 Å². The van der Waals surface area contributed by atoms with E-state index in [-0.39, 0.29) is 23.6 Å². The molecule has 2 heterocycles. The average Bonchev–Trinajstić information content (AvgIpc) is 2.96. The van der Waals surface area contributed by atoms with Crippen molar-refractivity contribution in [3.8, 4) is 6.01 Å². The zero-order valence-corrected chi connectivity index (χ0v) is 11.4.